The Morgan fingerprint density at radius 3 is 2.72 bits per heavy atom. The molecule has 0 spiro atoms. The number of nitrogens with zero attached hydrogens (tertiary/aromatic N) is 1. The van der Waals surface area contributed by atoms with Gasteiger partial charge < -0.3 is 21.5 Å². The van der Waals surface area contributed by atoms with Crippen LogP contribution in [0.2, 0.25) is 5.02 Å². The second-order valence-corrected chi connectivity index (χ2v) is 5.43. The van der Waals surface area contributed by atoms with E-state index in [4.69, 9.17) is 23.1 Å². The summed E-state index contributed by atoms with van der Waals surface area (Å²) in [5, 5.41) is 9.93. The second kappa shape index (κ2) is 4.48. The fourth-order valence-corrected chi connectivity index (χ4v) is 2.53. The molecule has 1 fully saturated rings. The van der Waals surface area contributed by atoms with Crippen LogP contribution in [0.4, 0.5) is 21.5 Å². The molecule has 0 radical (unpaired) electrons. The van der Waals surface area contributed by atoms with E-state index in [0.717, 1.165) is 6.42 Å². The molecule has 6 heteroatoms. The summed E-state index contributed by atoms with van der Waals surface area (Å²) in [5.74, 6) is -0.619. The number of anilines is 3. The van der Waals surface area contributed by atoms with Crippen molar-refractivity contribution in [3.63, 3.8) is 0 Å². The molecule has 18 heavy (non-hydrogen) atoms. The van der Waals surface area contributed by atoms with Crippen molar-refractivity contribution in [3.05, 3.63) is 16.9 Å². The molecule has 4 nitrogen and oxygen atoms in total. The van der Waals surface area contributed by atoms with E-state index in [0.29, 0.717) is 19.5 Å². The van der Waals surface area contributed by atoms with Crippen LogP contribution in [-0.2, 0) is 0 Å². The molecule has 1 aromatic rings. The van der Waals surface area contributed by atoms with Crippen molar-refractivity contribution in [2.75, 3.05) is 29.5 Å². The lowest BCUT2D eigenvalue weighted by molar-refractivity contribution is 0.0448. The molecule has 1 unspecified atom stereocenters. The topological polar surface area (TPSA) is 75.5 Å². The fourth-order valence-electron chi connectivity index (χ4n) is 2.39. The Balaban J connectivity index is 2.42. The number of halogens is 2. The maximum atomic E-state index is 14.1. The van der Waals surface area contributed by atoms with E-state index < -0.39 is 11.4 Å². The van der Waals surface area contributed by atoms with Gasteiger partial charge in [0.05, 0.1) is 22.7 Å². The summed E-state index contributed by atoms with van der Waals surface area (Å²) in [6.45, 7) is 2.69. The van der Waals surface area contributed by atoms with Gasteiger partial charge in [-0.3, -0.25) is 0 Å². The molecule has 0 aromatic heterocycles. The van der Waals surface area contributed by atoms with Gasteiger partial charge in [0.2, 0.25) is 0 Å². The van der Waals surface area contributed by atoms with Crippen molar-refractivity contribution in [1.29, 1.82) is 0 Å². The number of hydrogen-bond donors (Lipinski definition) is 3. The average Bonchev–Trinajstić information content (AvgIpc) is 2.25. The quantitative estimate of drug-likeness (QED) is 0.684. The van der Waals surface area contributed by atoms with Gasteiger partial charge in [-0.05, 0) is 25.8 Å². The number of rotatable bonds is 1. The molecule has 1 aliphatic heterocycles. The van der Waals surface area contributed by atoms with E-state index in [1.165, 1.54) is 6.07 Å². The molecule has 0 amide bonds. The lowest BCUT2D eigenvalue weighted by atomic mass is 9.94. The van der Waals surface area contributed by atoms with Gasteiger partial charge in [-0.25, -0.2) is 4.39 Å². The fraction of sp³-hybridized carbons (Fsp3) is 0.500. The van der Waals surface area contributed by atoms with E-state index in [1.807, 2.05) is 0 Å². The molecule has 0 saturated carbocycles. The van der Waals surface area contributed by atoms with Gasteiger partial charge in [-0.1, -0.05) is 11.6 Å². The van der Waals surface area contributed by atoms with Crippen molar-refractivity contribution in [3.8, 4) is 0 Å². The molecule has 1 heterocycles. The normalized spacial score (nSPS) is 24.3. The predicted molar refractivity (Wildman–Crippen MR) is 72.3 cm³/mol. The Morgan fingerprint density at radius 2 is 2.11 bits per heavy atom. The second-order valence-electron chi connectivity index (χ2n) is 5.05. The van der Waals surface area contributed by atoms with Crippen molar-refractivity contribution in [2.24, 2.45) is 0 Å². The highest BCUT2D eigenvalue weighted by Gasteiger charge is 2.31. The minimum Gasteiger partial charge on any atom is -0.397 e. The first-order valence-corrected chi connectivity index (χ1v) is 6.20. The van der Waals surface area contributed by atoms with Crippen LogP contribution < -0.4 is 16.4 Å². The first kappa shape index (κ1) is 13.2. The SMILES string of the molecule is CC1(O)CCCN(c2c(N)cc(N)c(Cl)c2F)C1. The van der Waals surface area contributed by atoms with E-state index in [-0.39, 0.29) is 22.1 Å². The highest BCUT2D eigenvalue weighted by atomic mass is 35.5. The van der Waals surface area contributed by atoms with E-state index in [9.17, 15) is 9.50 Å². The van der Waals surface area contributed by atoms with Crippen LogP contribution in [0.3, 0.4) is 0 Å². The Morgan fingerprint density at radius 1 is 1.44 bits per heavy atom. The van der Waals surface area contributed by atoms with Gasteiger partial charge in [0.15, 0.2) is 5.82 Å². The van der Waals surface area contributed by atoms with Crippen LogP contribution in [0, 0.1) is 5.82 Å². The Hall–Kier alpha value is -1.20. The summed E-state index contributed by atoms with van der Waals surface area (Å²) in [6.07, 6.45) is 1.46. The largest absolute Gasteiger partial charge is 0.397 e. The number of hydrogen-bond acceptors (Lipinski definition) is 4. The third-order valence-corrected chi connectivity index (χ3v) is 3.61. The summed E-state index contributed by atoms with van der Waals surface area (Å²) in [7, 11) is 0. The zero-order valence-corrected chi connectivity index (χ0v) is 11.0. The maximum absolute atomic E-state index is 14.1. The van der Waals surface area contributed by atoms with E-state index in [2.05, 4.69) is 0 Å². The average molecular weight is 274 g/mol. The molecular formula is C12H17ClFN3O. The maximum Gasteiger partial charge on any atom is 0.169 e. The molecule has 5 N–H and O–H groups in total. The van der Waals surface area contributed by atoms with Crippen LogP contribution in [0.5, 0.6) is 0 Å². The smallest absolute Gasteiger partial charge is 0.169 e. The van der Waals surface area contributed by atoms with Crippen molar-refractivity contribution in [1.82, 2.24) is 0 Å². The van der Waals surface area contributed by atoms with E-state index in [1.54, 1.807) is 11.8 Å². The molecule has 1 atom stereocenters. The molecule has 0 bridgehead atoms. The van der Waals surface area contributed by atoms with Crippen molar-refractivity contribution >= 4 is 28.7 Å². The Labute approximate surface area is 110 Å². The first-order chi connectivity index (χ1) is 8.32. The van der Waals surface area contributed by atoms with Gasteiger partial charge in [-0.2, -0.15) is 0 Å². The number of nitrogen functional groups attached to an aromatic ring is 2. The minimum absolute atomic E-state index is 0.121. The third kappa shape index (κ3) is 2.33. The van der Waals surface area contributed by atoms with E-state index >= 15 is 0 Å². The number of nitrogens with two attached hydrogens (primary N) is 2. The van der Waals surface area contributed by atoms with Crippen LogP contribution in [0.15, 0.2) is 6.07 Å². The number of benzene rings is 1. The van der Waals surface area contributed by atoms with Crippen LogP contribution in [0.25, 0.3) is 0 Å². The molecular weight excluding hydrogens is 257 g/mol. The Bertz CT molecular complexity index is 479. The van der Waals surface area contributed by atoms with Crippen molar-refractivity contribution < 1.29 is 9.50 Å². The van der Waals surface area contributed by atoms with Gasteiger partial charge >= 0.3 is 0 Å². The molecule has 1 aliphatic rings. The Kier molecular flexibility index (Phi) is 3.29. The van der Waals surface area contributed by atoms with Gasteiger partial charge in [-0.15, -0.1) is 0 Å². The highest BCUT2D eigenvalue weighted by molar-refractivity contribution is 6.33. The summed E-state index contributed by atoms with van der Waals surface area (Å²) in [5.41, 5.74) is 11.1. The summed E-state index contributed by atoms with van der Waals surface area (Å²) in [6, 6.07) is 1.45. The number of aliphatic hydroxyl groups is 1. The van der Waals surface area contributed by atoms with Crippen LogP contribution in [-0.4, -0.2) is 23.8 Å². The molecule has 100 valence electrons. The molecule has 0 aliphatic carbocycles. The summed E-state index contributed by atoms with van der Waals surface area (Å²) >= 11 is 5.80. The zero-order valence-electron chi connectivity index (χ0n) is 10.2. The lowest BCUT2D eigenvalue weighted by Crippen LogP contribution is -2.46. The molecule has 1 saturated heterocycles. The third-order valence-electron chi connectivity index (χ3n) is 3.23. The van der Waals surface area contributed by atoms with Crippen LogP contribution in [0.1, 0.15) is 19.8 Å². The van der Waals surface area contributed by atoms with Gasteiger partial charge in [0, 0.05) is 13.1 Å². The predicted octanol–water partition coefficient (Wildman–Crippen LogP) is 1.99. The molecule has 2 rings (SSSR count). The summed E-state index contributed by atoms with van der Waals surface area (Å²) < 4.78 is 14.1. The number of β-amino-alcohol motifs (C(OH)–C–C–N with tert-alkyl or cyclic N) is 1. The van der Waals surface area contributed by atoms with Crippen LogP contribution >= 0.6 is 11.6 Å². The lowest BCUT2D eigenvalue weighted by Gasteiger charge is -2.39. The van der Waals surface area contributed by atoms with Crippen molar-refractivity contribution in [2.45, 2.75) is 25.4 Å². The van der Waals surface area contributed by atoms with Gasteiger partial charge in [0.1, 0.15) is 5.02 Å². The zero-order chi connectivity index (χ0) is 13.5. The first-order valence-electron chi connectivity index (χ1n) is 5.82. The molecule has 1 aromatic carbocycles. The highest BCUT2D eigenvalue weighted by Crippen LogP contribution is 2.38. The minimum atomic E-state index is -0.842. The monoisotopic (exact) mass is 273 g/mol. The summed E-state index contributed by atoms with van der Waals surface area (Å²) in [4.78, 5) is 1.72. The number of piperidine rings is 1. The standard InChI is InChI=1S/C12H17ClFN3O/c1-12(18)3-2-4-17(6-12)11-8(16)5-7(15)9(13)10(11)14/h5,18H,2-4,6,15-16H2,1H3. The van der Waals surface area contributed by atoms with Gasteiger partial charge in [0.25, 0.3) is 0 Å².